The molecular formula is C14H20INO. The van der Waals surface area contributed by atoms with E-state index in [1.807, 2.05) is 14.1 Å². The van der Waals surface area contributed by atoms with Gasteiger partial charge in [0.25, 0.3) is 0 Å². The summed E-state index contributed by atoms with van der Waals surface area (Å²) in [7, 11) is 4.07. The first kappa shape index (κ1) is 13.1. The van der Waals surface area contributed by atoms with Crippen LogP contribution in [0.1, 0.15) is 42.4 Å². The van der Waals surface area contributed by atoms with Crippen LogP contribution >= 0.6 is 22.6 Å². The van der Waals surface area contributed by atoms with Gasteiger partial charge in [-0.1, -0.05) is 13.0 Å². The summed E-state index contributed by atoms with van der Waals surface area (Å²) in [6.45, 7) is 3.08. The van der Waals surface area contributed by atoms with Gasteiger partial charge in [0, 0.05) is 12.1 Å². The summed E-state index contributed by atoms with van der Waals surface area (Å²) in [6, 6.07) is 2.21. The molecule has 0 saturated carbocycles. The molecule has 2 rings (SSSR count). The Hall–Kier alpha value is -0.290. The van der Waals surface area contributed by atoms with Crippen LogP contribution in [0.4, 0.5) is 0 Å². The number of phenols is 1. The molecule has 3 heteroatoms. The van der Waals surface area contributed by atoms with Crippen molar-refractivity contribution in [3.8, 4) is 5.75 Å². The lowest BCUT2D eigenvalue weighted by Gasteiger charge is -2.26. The quantitative estimate of drug-likeness (QED) is 0.830. The Morgan fingerprint density at radius 1 is 1.47 bits per heavy atom. The van der Waals surface area contributed by atoms with Gasteiger partial charge < -0.3 is 10.0 Å². The fourth-order valence-electron chi connectivity index (χ4n) is 2.71. The molecule has 0 spiro atoms. The highest BCUT2D eigenvalue weighted by Gasteiger charge is 2.23. The molecule has 1 aromatic carbocycles. The van der Waals surface area contributed by atoms with Gasteiger partial charge in [-0.15, -0.1) is 0 Å². The number of aryl methyl sites for hydroxylation is 1. The largest absolute Gasteiger partial charge is 0.506 e. The molecule has 0 aromatic heterocycles. The van der Waals surface area contributed by atoms with Crippen LogP contribution in [0.3, 0.4) is 0 Å². The molecule has 1 aliphatic rings. The third-order valence-corrected chi connectivity index (χ3v) is 4.60. The van der Waals surface area contributed by atoms with E-state index in [0.29, 0.717) is 11.7 Å². The molecule has 0 aliphatic heterocycles. The number of nitrogens with zero attached hydrogens (tertiary/aromatic N) is 1. The van der Waals surface area contributed by atoms with Crippen molar-refractivity contribution in [2.75, 3.05) is 14.1 Å². The maximum atomic E-state index is 10.3. The van der Waals surface area contributed by atoms with Crippen molar-refractivity contribution in [1.29, 1.82) is 0 Å². The highest BCUT2D eigenvalue weighted by Crippen LogP contribution is 2.40. The van der Waals surface area contributed by atoms with Crippen molar-refractivity contribution < 1.29 is 5.11 Å². The van der Waals surface area contributed by atoms with Crippen molar-refractivity contribution in [2.45, 2.75) is 38.6 Å². The summed E-state index contributed by atoms with van der Waals surface area (Å²) >= 11 is 2.31. The Morgan fingerprint density at radius 2 is 2.18 bits per heavy atom. The molecule has 0 amide bonds. The fourth-order valence-corrected chi connectivity index (χ4v) is 3.93. The molecule has 1 unspecified atom stereocenters. The van der Waals surface area contributed by atoms with Crippen molar-refractivity contribution in [2.24, 2.45) is 0 Å². The van der Waals surface area contributed by atoms with E-state index in [1.54, 1.807) is 0 Å². The normalized spacial score (nSPS) is 19.5. The van der Waals surface area contributed by atoms with Crippen LogP contribution in [-0.2, 0) is 13.0 Å². The maximum Gasteiger partial charge on any atom is 0.133 e. The zero-order valence-electron chi connectivity index (χ0n) is 10.8. The van der Waals surface area contributed by atoms with Crippen molar-refractivity contribution in [3.63, 3.8) is 0 Å². The molecule has 1 aromatic rings. The number of fused-ring (bicyclic) bond motifs is 1. The SMILES string of the molecule is CC1CCCc2cc(CN(C)C)c(O)c(I)c21. The van der Waals surface area contributed by atoms with E-state index >= 15 is 0 Å². The second kappa shape index (κ2) is 5.14. The van der Waals surface area contributed by atoms with Gasteiger partial charge in [-0.25, -0.2) is 0 Å². The Bertz CT molecular complexity index is 429. The minimum absolute atomic E-state index is 0.492. The van der Waals surface area contributed by atoms with Crippen LogP contribution in [0.2, 0.25) is 0 Å². The fraction of sp³-hybridized carbons (Fsp3) is 0.571. The van der Waals surface area contributed by atoms with Crippen LogP contribution in [-0.4, -0.2) is 24.1 Å². The van der Waals surface area contributed by atoms with Gasteiger partial charge in [0.15, 0.2) is 0 Å². The molecule has 94 valence electrons. The first-order chi connectivity index (χ1) is 8.00. The monoisotopic (exact) mass is 345 g/mol. The number of halogens is 1. The summed E-state index contributed by atoms with van der Waals surface area (Å²) in [4.78, 5) is 2.10. The molecule has 1 N–H and O–H groups in total. The van der Waals surface area contributed by atoms with E-state index in [4.69, 9.17) is 0 Å². The number of hydrogen-bond donors (Lipinski definition) is 1. The van der Waals surface area contributed by atoms with E-state index < -0.39 is 0 Å². The third-order valence-electron chi connectivity index (χ3n) is 3.51. The zero-order chi connectivity index (χ0) is 12.6. The van der Waals surface area contributed by atoms with Crippen LogP contribution in [0, 0.1) is 3.57 Å². The highest BCUT2D eigenvalue weighted by molar-refractivity contribution is 14.1. The zero-order valence-corrected chi connectivity index (χ0v) is 12.9. The predicted octanol–water partition coefficient (Wildman–Crippen LogP) is 3.50. The lowest BCUT2D eigenvalue weighted by Crippen LogP contribution is -2.14. The summed E-state index contributed by atoms with van der Waals surface area (Å²) < 4.78 is 1.07. The second-order valence-electron chi connectivity index (χ2n) is 5.30. The number of benzene rings is 1. The first-order valence-electron chi connectivity index (χ1n) is 6.18. The molecular weight excluding hydrogens is 325 g/mol. The van der Waals surface area contributed by atoms with E-state index in [0.717, 1.165) is 22.1 Å². The summed E-state index contributed by atoms with van der Waals surface area (Å²) in [5, 5.41) is 10.3. The Balaban J connectivity index is 2.49. The van der Waals surface area contributed by atoms with Crippen molar-refractivity contribution in [1.82, 2.24) is 4.90 Å². The topological polar surface area (TPSA) is 23.5 Å². The smallest absolute Gasteiger partial charge is 0.133 e. The average Bonchev–Trinajstić information content (AvgIpc) is 2.24. The molecule has 0 radical (unpaired) electrons. The van der Waals surface area contributed by atoms with Gasteiger partial charge in [-0.05, 0) is 73.0 Å². The van der Waals surface area contributed by atoms with E-state index in [2.05, 4.69) is 40.5 Å². The van der Waals surface area contributed by atoms with Gasteiger partial charge in [0.2, 0.25) is 0 Å². The molecule has 0 heterocycles. The molecule has 17 heavy (non-hydrogen) atoms. The van der Waals surface area contributed by atoms with Crippen LogP contribution in [0.5, 0.6) is 5.75 Å². The Labute approximate surface area is 117 Å². The van der Waals surface area contributed by atoms with Gasteiger partial charge in [-0.2, -0.15) is 0 Å². The van der Waals surface area contributed by atoms with Crippen LogP contribution in [0.15, 0.2) is 6.07 Å². The number of hydrogen-bond acceptors (Lipinski definition) is 2. The molecule has 2 nitrogen and oxygen atoms in total. The molecule has 1 atom stereocenters. The van der Waals surface area contributed by atoms with Gasteiger partial charge in [0.1, 0.15) is 5.75 Å². The first-order valence-corrected chi connectivity index (χ1v) is 7.26. The third kappa shape index (κ3) is 2.60. The molecule has 0 bridgehead atoms. The summed E-state index contributed by atoms with van der Waals surface area (Å²) in [5.74, 6) is 1.08. The predicted molar refractivity (Wildman–Crippen MR) is 79.6 cm³/mol. The maximum absolute atomic E-state index is 10.3. The van der Waals surface area contributed by atoms with Crippen molar-refractivity contribution >= 4 is 22.6 Å². The van der Waals surface area contributed by atoms with Gasteiger partial charge in [-0.3, -0.25) is 0 Å². The minimum Gasteiger partial charge on any atom is -0.506 e. The summed E-state index contributed by atoms with van der Waals surface area (Å²) in [5.41, 5.74) is 3.90. The lowest BCUT2D eigenvalue weighted by atomic mass is 9.83. The van der Waals surface area contributed by atoms with Crippen molar-refractivity contribution in [3.05, 3.63) is 26.3 Å². The molecule has 0 fully saturated rings. The number of phenolic OH excluding ortho intramolecular Hbond substituents is 1. The van der Waals surface area contributed by atoms with Gasteiger partial charge >= 0.3 is 0 Å². The highest BCUT2D eigenvalue weighted by atomic mass is 127. The van der Waals surface area contributed by atoms with E-state index in [9.17, 15) is 5.11 Å². The standard InChI is InChI=1S/C14H20INO/c1-9-5-4-6-10-7-11(8-16(2)3)14(17)13(15)12(9)10/h7,9,17H,4-6,8H2,1-3H3. The Morgan fingerprint density at radius 3 is 2.82 bits per heavy atom. The number of aromatic hydroxyl groups is 1. The number of rotatable bonds is 2. The Kier molecular flexibility index (Phi) is 3.98. The van der Waals surface area contributed by atoms with Crippen LogP contribution in [0.25, 0.3) is 0 Å². The average molecular weight is 345 g/mol. The lowest BCUT2D eigenvalue weighted by molar-refractivity contribution is 0.383. The van der Waals surface area contributed by atoms with E-state index in [-0.39, 0.29) is 0 Å². The van der Waals surface area contributed by atoms with E-state index in [1.165, 1.54) is 24.0 Å². The summed E-state index contributed by atoms with van der Waals surface area (Å²) in [6.07, 6.45) is 3.68. The van der Waals surface area contributed by atoms with Gasteiger partial charge in [0.05, 0.1) is 3.57 Å². The minimum atomic E-state index is 0.492. The van der Waals surface area contributed by atoms with Crippen LogP contribution < -0.4 is 0 Å². The second-order valence-corrected chi connectivity index (χ2v) is 6.38. The molecule has 1 aliphatic carbocycles. The molecule has 0 saturated heterocycles.